The Morgan fingerprint density at radius 2 is 1.92 bits per heavy atom. The molecule has 0 unspecified atom stereocenters. The van der Waals surface area contributed by atoms with Gasteiger partial charge in [-0.15, -0.1) is 0 Å². The first-order chi connectivity index (χ1) is 18.7. The molecule has 6 rings (SSSR count). The van der Waals surface area contributed by atoms with Crippen LogP contribution in [0.25, 0.3) is 10.9 Å². The van der Waals surface area contributed by atoms with Gasteiger partial charge in [0.2, 0.25) is 21.8 Å². The first-order valence-electron chi connectivity index (χ1n) is 13.3. The number of aromatic nitrogens is 2. The van der Waals surface area contributed by atoms with E-state index in [4.69, 9.17) is 0 Å². The smallest absolute Gasteiger partial charge is 0.250 e. The van der Waals surface area contributed by atoms with Gasteiger partial charge in [-0.1, -0.05) is 12.1 Å². The molecule has 11 heteroatoms. The second-order valence-corrected chi connectivity index (χ2v) is 12.6. The van der Waals surface area contributed by atoms with Gasteiger partial charge in [0.25, 0.3) is 5.56 Å². The Hall–Kier alpha value is -3.57. The van der Waals surface area contributed by atoms with Gasteiger partial charge < -0.3 is 14.4 Å². The van der Waals surface area contributed by atoms with E-state index in [1.807, 2.05) is 29.7 Å². The zero-order valence-electron chi connectivity index (χ0n) is 21.7. The molecule has 0 radical (unpaired) electrons. The molecule has 10 nitrogen and oxygen atoms in total. The Kier molecular flexibility index (Phi) is 6.50. The third kappa shape index (κ3) is 4.96. The Labute approximate surface area is 226 Å². The van der Waals surface area contributed by atoms with E-state index in [0.717, 1.165) is 17.8 Å². The summed E-state index contributed by atoms with van der Waals surface area (Å²) in [4.78, 5) is 46.6. The number of hydrogen-bond acceptors (Lipinski definition) is 6. The molecule has 3 aliphatic heterocycles. The van der Waals surface area contributed by atoms with Gasteiger partial charge in [-0.25, -0.2) is 8.42 Å². The topological polar surface area (TPSA) is 122 Å². The molecule has 2 saturated heterocycles. The molecule has 204 valence electrons. The third-order valence-electron chi connectivity index (χ3n) is 8.10. The predicted octanol–water partition coefficient (Wildman–Crippen LogP) is 1.62. The number of pyridine rings is 2. The average Bonchev–Trinajstić information content (AvgIpc) is 2.91. The Balaban J connectivity index is 1.13. The highest BCUT2D eigenvalue weighted by atomic mass is 32.2. The molecule has 0 aliphatic carbocycles. The lowest BCUT2D eigenvalue weighted by Crippen LogP contribution is -2.56. The number of benzene rings is 1. The number of aryl methyl sites for hydroxylation is 1. The first kappa shape index (κ1) is 25.7. The quantitative estimate of drug-likeness (QED) is 0.516. The number of piperidine rings is 2. The molecule has 2 fully saturated rings. The lowest BCUT2D eigenvalue weighted by atomic mass is 9.83. The molecular formula is C28H31N5O5S. The minimum Gasteiger partial charge on any atom is -0.340 e. The van der Waals surface area contributed by atoms with Crippen molar-refractivity contribution in [2.75, 3.05) is 26.2 Å². The fourth-order valence-corrected chi connectivity index (χ4v) is 7.46. The van der Waals surface area contributed by atoms with Crippen molar-refractivity contribution in [1.82, 2.24) is 24.1 Å². The highest BCUT2D eigenvalue weighted by Gasteiger charge is 2.38. The van der Waals surface area contributed by atoms with Crippen LogP contribution in [0.5, 0.6) is 0 Å². The van der Waals surface area contributed by atoms with Gasteiger partial charge >= 0.3 is 0 Å². The molecule has 0 spiro atoms. The van der Waals surface area contributed by atoms with E-state index in [2.05, 4.69) is 9.71 Å². The lowest BCUT2D eigenvalue weighted by Gasteiger charge is -2.43. The number of fused-ring (bicyclic) bond motifs is 5. The molecule has 0 saturated carbocycles. The summed E-state index contributed by atoms with van der Waals surface area (Å²) in [6.45, 7) is 3.83. The predicted molar refractivity (Wildman–Crippen MR) is 145 cm³/mol. The average molecular weight is 550 g/mol. The summed E-state index contributed by atoms with van der Waals surface area (Å²) in [5, 5.41) is 0.699. The van der Waals surface area contributed by atoms with Crippen molar-refractivity contribution < 1.29 is 18.0 Å². The standard InChI is InChI=1S/C28H31N5O5S/c1-18-7-8-20-13-22(9-10-23(20)29-18)39(37,38)30-24-4-3-11-31(28(24)36)17-27(35)32-14-19-12-21(16-32)25-5-2-6-26(34)33(25)15-19/h2,5-10,13,19,21,24,30H,3-4,11-12,14-17H2,1H3/t19-,21+,24-/m0/s1. The molecular weight excluding hydrogens is 518 g/mol. The van der Waals surface area contributed by atoms with E-state index >= 15 is 0 Å². The molecule has 3 aliphatic rings. The second kappa shape index (κ2) is 9.87. The monoisotopic (exact) mass is 549 g/mol. The molecule has 3 aromatic rings. The number of sulfonamides is 1. The van der Waals surface area contributed by atoms with Crippen molar-refractivity contribution in [2.24, 2.45) is 5.92 Å². The van der Waals surface area contributed by atoms with Crippen LogP contribution in [0.3, 0.4) is 0 Å². The minimum atomic E-state index is -3.96. The van der Waals surface area contributed by atoms with Crippen molar-refractivity contribution in [1.29, 1.82) is 0 Å². The van der Waals surface area contributed by atoms with Gasteiger partial charge in [-0.3, -0.25) is 19.4 Å². The number of carbonyl (C=O) groups is 2. The lowest BCUT2D eigenvalue weighted by molar-refractivity contribution is -0.144. The number of hydrogen-bond donors (Lipinski definition) is 1. The van der Waals surface area contributed by atoms with Crippen molar-refractivity contribution in [2.45, 2.75) is 49.6 Å². The van der Waals surface area contributed by atoms with Crippen LogP contribution in [0.15, 0.2) is 58.2 Å². The van der Waals surface area contributed by atoms with Crippen LogP contribution in [0.4, 0.5) is 0 Å². The number of nitrogens with zero attached hydrogens (tertiary/aromatic N) is 4. The van der Waals surface area contributed by atoms with Crippen LogP contribution < -0.4 is 10.3 Å². The molecule has 39 heavy (non-hydrogen) atoms. The van der Waals surface area contributed by atoms with Gasteiger partial charge in [0.1, 0.15) is 6.04 Å². The SMILES string of the molecule is Cc1ccc2cc(S(=O)(=O)N[C@H]3CCCN(CC(=O)N4C[C@@H]5C[C@H](C4)c4cccc(=O)n4C5)C3=O)ccc2n1. The summed E-state index contributed by atoms with van der Waals surface area (Å²) >= 11 is 0. The Morgan fingerprint density at radius 1 is 1.08 bits per heavy atom. The number of nitrogens with one attached hydrogen (secondary N) is 1. The molecule has 2 bridgehead atoms. The Morgan fingerprint density at radius 3 is 2.77 bits per heavy atom. The summed E-state index contributed by atoms with van der Waals surface area (Å²) in [5.41, 5.74) is 2.49. The molecule has 2 aromatic heterocycles. The van der Waals surface area contributed by atoms with Gasteiger partial charge in [-0.2, -0.15) is 4.72 Å². The normalized spacial score (nSPS) is 23.1. The molecule has 5 heterocycles. The van der Waals surface area contributed by atoms with Crippen LogP contribution in [0.1, 0.15) is 36.6 Å². The number of amides is 2. The van der Waals surface area contributed by atoms with Crippen molar-refractivity contribution in [3.05, 3.63) is 70.3 Å². The summed E-state index contributed by atoms with van der Waals surface area (Å²) in [6.07, 6.45) is 1.90. The molecule has 2 amide bonds. The number of carbonyl (C=O) groups excluding carboxylic acids is 2. The summed E-state index contributed by atoms with van der Waals surface area (Å²) in [6, 6.07) is 12.7. The number of likely N-dealkylation sites (tertiary alicyclic amines) is 2. The van der Waals surface area contributed by atoms with E-state index in [1.54, 1.807) is 29.2 Å². The van der Waals surface area contributed by atoms with E-state index < -0.39 is 16.1 Å². The van der Waals surface area contributed by atoms with Crippen LogP contribution in [0.2, 0.25) is 0 Å². The van der Waals surface area contributed by atoms with Crippen LogP contribution in [-0.4, -0.2) is 71.8 Å². The zero-order valence-corrected chi connectivity index (χ0v) is 22.6. The minimum absolute atomic E-state index is 0.00941. The van der Waals surface area contributed by atoms with Crippen molar-refractivity contribution >= 4 is 32.7 Å². The Bertz CT molecular complexity index is 1630. The highest BCUT2D eigenvalue weighted by molar-refractivity contribution is 7.89. The van der Waals surface area contributed by atoms with Crippen LogP contribution in [0, 0.1) is 12.8 Å². The van der Waals surface area contributed by atoms with Crippen molar-refractivity contribution in [3.63, 3.8) is 0 Å². The number of rotatable bonds is 5. The van der Waals surface area contributed by atoms with E-state index in [9.17, 15) is 22.8 Å². The first-order valence-corrected chi connectivity index (χ1v) is 14.8. The summed E-state index contributed by atoms with van der Waals surface area (Å²) in [7, 11) is -3.96. The maximum atomic E-state index is 13.3. The molecule has 1 N–H and O–H groups in total. The fourth-order valence-electron chi connectivity index (χ4n) is 6.20. The summed E-state index contributed by atoms with van der Waals surface area (Å²) in [5.74, 6) is -0.248. The molecule has 1 aromatic carbocycles. The van der Waals surface area contributed by atoms with Gasteiger partial charge in [-0.05, 0) is 62.4 Å². The fraction of sp³-hybridized carbons (Fsp3) is 0.429. The van der Waals surface area contributed by atoms with Crippen molar-refractivity contribution in [3.8, 4) is 0 Å². The largest absolute Gasteiger partial charge is 0.340 e. The van der Waals surface area contributed by atoms with E-state index in [0.29, 0.717) is 49.9 Å². The van der Waals surface area contributed by atoms with Gasteiger partial charge in [0.15, 0.2) is 0 Å². The van der Waals surface area contributed by atoms with Crippen LogP contribution >= 0.6 is 0 Å². The van der Waals surface area contributed by atoms with Crippen LogP contribution in [-0.2, 0) is 26.2 Å². The maximum absolute atomic E-state index is 13.3. The second-order valence-electron chi connectivity index (χ2n) is 10.9. The molecule has 3 atom stereocenters. The van der Waals surface area contributed by atoms with Gasteiger partial charge in [0.05, 0.1) is 17.0 Å². The zero-order chi connectivity index (χ0) is 27.3. The van der Waals surface area contributed by atoms with E-state index in [1.165, 1.54) is 11.0 Å². The summed E-state index contributed by atoms with van der Waals surface area (Å²) < 4.78 is 30.7. The van der Waals surface area contributed by atoms with E-state index in [-0.39, 0.29) is 40.6 Å². The third-order valence-corrected chi connectivity index (χ3v) is 9.57. The maximum Gasteiger partial charge on any atom is 0.250 e. The highest BCUT2D eigenvalue weighted by Crippen LogP contribution is 2.35. The van der Waals surface area contributed by atoms with Gasteiger partial charge in [0, 0.05) is 54.9 Å².